The summed E-state index contributed by atoms with van der Waals surface area (Å²) < 4.78 is 1.29. The molecule has 0 fully saturated rings. The number of nitrogens with zero attached hydrogens (tertiary/aromatic N) is 3. The first-order valence-electron chi connectivity index (χ1n) is 2.93. The predicted molar refractivity (Wildman–Crippen MR) is 47.8 cm³/mol. The molecule has 0 bridgehead atoms. The van der Waals surface area contributed by atoms with E-state index in [0.717, 1.165) is 4.34 Å². The summed E-state index contributed by atoms with van der Waals surface area (Å²) in [6, 6.07) is 0. The number of hydrogen-bond donors (Lipinski definition) is 2. The van der Waals surface area contributed by atoms with Crippen LogP contribution in [0.15, 0.2) is 15.0 Å². The maximum atomic E-state index is 4.78. The van der Waals surface area contributed by atoms with Gasteiger partial charge in [-0.15, -0.1) is 10.2 Å². The van der Waals surface area contributed by atoms with E-state index in [0.29, 0.717) is 9.93 Å². The molecule has 0 aliphatic carbocycles. The molecule has 0 amide bonds. The Morgan fingerprint density at radius 2 is 2.42 bits per heavy atom. The molecule has 2 heterocycles. The van der Waals surface area contributed by atoms with Gasteiger partial charge in [0, 0.05) is 0 Å². The molecule has 0 aliphatic rings. The second-order valence-corrected chi connectivity index (χ2v) is 4.23. The molecule has 12 heavy (non-hydrogen) atoms. The van der Waals surface area contributed by atoms with Crippen LogP contribution in [0.2, 0.25) is 0 Å². The maximum absolute atomic E-state index is 4.78. The fourth-order valence-electron chi connectivity index (χ4n) is 0.594. The minimum absolute atomic E-state index is 0.446. The van der Waals surface area contributed by atoms with Crippen LogP contribution in [0, 0.1) is 4.77 Å². The summed E-state index contributed by atoms with van der Waals surface area (Å²) in [5.74, 6) is 0. The van der Waals surface area contributed by atoms with Gasteiger partial charge in [0.1, 0.15) is 5.51 Å². The average Bonchev–Trinajstić information content (AvgIpc) is 2.63. The highest BCUT2D eigenvalue weighted by Crippen LogP contribution is 2.24. The van der Waals surface area contributed by atoms with E-state index < -0.39 is 0 Å². The Labute approximate surface area is 80.6 Å². The van der Waals surface area contributed by atoms with Gasteiger partial charge in [-0.05, 0) is 24.0 Å². The Hall–Kier alpha value is -0.730. The van der Waals surface area contributed by atoms with Gasteiger partial charge in [-0.3, -0.25) is 10.2 Å². The summed E-state index contributed by atoms with van der Waals surface area (Å²) in [7, 11) is 0. The largest absolute Gasteiger partial charge is 0.276 e. The topological polar surface area (TPSA) is 70.2 Å². The number of aromatic amines is 2. The van der Waals surface area contributed by atoms with Gasteiger partial charge >= 0.3 is 0 Å². The molecule has 0 saturated heterocycles. The molecule has 0 saturated carbocycles. The fourth-order valence-corrected chi connectivity index (χ4v) is 2.12. The molecule has 0 atom stereocenters. The highest BCUT2D eigenvalue weighted by Gasteiger charge is 2.02. The summed E-state index contributed by atoms with van der Waals surface area (Å²) in [5.41, 5.74) is 1.67. The van der Waals surface area contributed by atoms with Gasteiger partial charge in [0.15, 0.2) is 9.50 Å². The zero-order valence-electron chi connectivity index (χ0n) is 5.64. The van der Waals surface area contributed by atoms with Crippen molar-refractivity contribution in [2.45, 2.75) is 9.50 Å². The molecule has 2 rings (SSSR count). The van der Waals surface area contributed by atoms with Crippen LogP contribution in [-0.4, -0.2) is 25.4 Å². The van der Waals surface area contributed by atoms with Gasteiger partial charge in [0.25, 0.3) is 0 Å². The molecular weight excluding hydrogens is 214 g/mol. The molecule has 0 aliphatic heterocycles. The van der Waals surface area contributed by atoms with Crippen LogP contribution < -0.4 is 0 Å². The fraction of sp³-hybridized carbons (Fsp3) is 0. The summed E-state index contributed by atoms with van der Waals surface area (Å²) in [5, 5.41) is 13.7. The van der Waals surface area contributed by atoms with E-state index >= 15 is 0 Å². The second-order valence-electron chi connectivity index (χ2n) is 1.78. The van der Waals surface area contributed by atoms with Gasteiger partial charge < -0.3 is 0 Å². The van der Waals surface area contributed by atoms with Crippen molar-refractivity contribution < 1.29 is 0 Å². The van der Waals surface area contributed by atoms with Crippen molar-refractivity contribution >= 4 is 35.3 Å². The molecule has 0 radical (unpaired) electrons. The van der Waals surface area contributed by atoms with Gasteiger partial charge in [-0.2, -0.15) is 4.98 Å². The SMILES string of the molecule is S=c1nc(Sc2nncs2)[nH][nH]1. The lowest BCUT2D eigenvalue weighted by Gasteiger charge is -1.85. The van der Waals surface area contributed by atoms with Gasteiger partial charge in [-0.25, -0.2) is 0 Å². The number of hydrogen-bond acceptors (Lipinski definition) is 6. The van der Waals surface area contributed by atoms with Crippen molar-refractivity contribution in [3.63, 3.8) is 0 Å². The Morgan fingerprint density at radius 1 is 1.50 bits per heavy atom. The number of rotatable bonds is 2. The van der Waals surface area contributed by atoms with Crippen LogP contribution in [0.3, 0.4) is 0 Å². The zero-order valence-corrected chi connectivity index (χ0v) is 8.09. The van der Waals surface area contributed by atoms with Crippen molar-refractivity contribution in [3.05, 3.63) is 10.3 Å². The Balaban J connectivity index is 2.19. The molecule has 8 heteroatoms. The van der Waals surface area contributed by atoms with Crippen molar-refractivity contribution in [3.8, 4) is 0 Å². The third-order valence-electron chi connectivity index (χ3n) is 1.00. The minimum Gasteiger partial charge on any atom is -0.276 e. The first-order valence-corrected chi connectivity index (χ1v) is 5.04. The molecule has 2 aromatic rings. The third kappa shape index (κ3) is 1.71. The van der Waals surface area contributed by atoms with E-state index in [-0.39, 0.29) is 0 Å². The number of nitrogens with one attached hydrogen (secondary N) is 2. The van der Waals surface area contributed by atoms with Gasteiger partial charge in [0.2, 0.25) is 4.77 Å². The molecular formula is C4H3N5S3. The van der Waals surface area contributed by atoms with Crippen molar-refractivity contribution in [2.24, 2.45) is 0 Å². The van der Waals surface area contributed by atoms with Crippen molar-refractivity contribution in [1.82, 2.24) is 25.4 Å². The number of aromatic nitrogens is 5. The maximum Gasteiger partial charge on any atom is 0.214 e. The van der Waals surface area contributed by atoms with Gasteiger partial charge in [-0.1, -0.05) is 11.3 Å². The van der Waals surface area contributed by atoms with Crippen molar-refractivity contribution in [2.75, 3.05) is 0 Å². The molecule has 0 unspecified atom stereocenters. The summed E-state index contributed by atoms with van der Waals surface area (Å²) >= 11 is 7.64. The smallest absolute Gasteiger partial charge is 0.214 e. The van der Waals surface area contributed by atoms with Crippen molar-refractivity contribution in [1.29, 1.82) is 0 Å². The first-order chi connectivity index (χ1) is 5.84. The highest BCUT2D eigenvalue weighted by atomic mass is 32.2. The van der Waals surface area contributed by atoms with Crippen LogP contribution in [0.25, 0.3) is 0 Å². The highest BCUT2D eigenvalue weighted by molar-refractivity contribution is 8.00. The van der Waals surface area contributed by atoms with E-state index in [1.54, 1.807) is 5.51 Å². The quantitative estimate of drug-likeness (QED) is 0.745. The third-order valence-corrected chi connectivity index (χ3v) is 2.86. The average molecular weight is 217 g/mol. The van der Waals surface area contributed by atoms with E-state index in [2.05, 4.69) is 25.4 Å². The normalized spacial score (nSPS) is 10.3. The molecule has 62 valence electrons. The molecule has 0 aromatic carbocycles. The first kappa shape index (κ1) is 7.90. The Morgan fingerprint density at radius 3 is 3.00 bits per heavy atom. The number of H-pyrrole nitrogens is 2. The van der Waals surface area contributed by atoms with E-state index in [4.69, 9.17) is 12.2 Å². The molecule has 2 aromatic heterocycles. The minimum atomic E-state index is 0.446. The molecule has 5 nitrogen and oxygen atoms in total. The Bertz CT molecular complexity index is 400. The monoisotopic (exact) mass is 217 g/mol. The lowest BCUT2D eigenvalue weighted by atomic mass is 11.3. The van der Waals surface area contributed by atoms with E-state index in [1.165, 1.54) is 23.1 Å². The van der Waals surface area contributed by atoms with Gasteiger partial charge in [0.05, 0.1) is 0 Å². The Kier molecular flexibility index (Phi) is 2.19. The van der Waals surface area contributed by atoms with Crippen LogP contribution in [-0.2, 0) is 0 Å². The lowest BCUT2D eigenvalue weighted by Crippen LogP contribution is -1.74. The van der Waals surface area contributed by atoms with Crippen LogP contribution in [0.4, 0.5) is 0 Å². The molecule has 2 N–H and O–H groups in total. The summed E-state index contributed by atoms with van der Waals surface area (Å²) in [4.78, 5) is 3.99. The predicted octanol–water partition coefficient (Wildman–Crippen LogP) is 1.47. The van der Waals surface area contributed by atoms with Crippen LogP contribution >= 0.6 is 35.3 Å². The van der Waals surface area contributed by atoms with Crippen LogP contribution in [0.1, 0.15) is 0 Å². The van der Waals surface area contributed by atoms with E-state index in [9.17, 15) is 0 Å². The standard InChI is InChI=1S/C4H3N5S3/c10-2-6-3(8-7-2)12-4-9-5-1-11-4/h1H,(H2,6,7,8,10). The van der Waals surface area contributed by atoms with E-state index in [1.807, 2.05) is 0 Å². The summed E-state index contributed by atoms with van der Waals surface area (Å²) in [6.07, 6.45) is 0. The second kappa shape index (κ2) is 3.33. The summed E-state index contributed by atoms with van der Waals surface area (Å²) in [6.45, 7) is 0. The molecule has 0 spiro atoms. The zero-order chi connectivity index (χ0) is 8.39. The lowest BCUT2D eigenvalue weighted by molar-refractivity contribution is 0.960. The van der Waals surface area contributed by atoms with Crippen LogP contribution in [0.5, 0.6) is 0 Å².